The molecule has 0 aliphatic carbocycles. The number of nitrogens with zero attached hydrogens (tertiary/aromatic N) is 1. The zero-order valence-corrected chi connectivity index (χ0v) is 11.9. The first-order chi connectivity index (χ1) is 10.4. The molecule has 0 bridgehead atoms. The summed E-state index contributed by atoms with van der Waals surface area (Å²) in [4.78, 5) is 14.2. The number of nitrogens with one attached hydrogen (secondary N) is 1. The Kier molecular flexibility index (Phi) is 3.99. The van der Waals surface area contributed by atoms with E-state index in [4.69, 9.17) is 0 Å². The van der Waals surface area contributed by atoms with E-state index in [0.717, 1.165) is 25.5 Å². The molecule has 2 saturated heterocycles. The van der Waals surface area contributed by atoms with E-state index in [0.29, 0.717) is 25.0 Å². The zero-order chi connectivity index (χ0) is 15.7. The third-order valence-corrected chi connectivity index (χ3v) is 4.26. The van der Waals surface area contributed by atoms with Crippen molar-refractivity contribution in [3.63, 3.8) is 0 Å². The molecule has 1 amide bonds. The van der Waals surface area contributed by atoms with E-state index in [1.54, 1.807) is 4.90 Å². The summed E-state index contributed by atoms with van der Waals surface area (Å²) in [6.07, 6.45) is -2.84. The van der Waals surface area contributed by atoms with E-state index < -0.39 is 6.36 Å². The Morgan fingerprint density at radius 1 is 1.32 bits per heavy atom. The normalized spacial score (nSPS) is 25.0. The standard InChI is InChI=1S/C15H17F3N2O2/c16-15(17,18)22-12-3-1-2-10(8-12)14(21)20-7-5-13-11(9-20)4-6-19-13/h1-3,8,11,13,19H,4-7,9H2. The predicted octanol–water partition coefficient (Wildman–Crippen LogP) is 2.41. The number of alkyl halides is 3. The number of likely N-dealkylation sites (tertiary alicyclic amines) is 1. The van der Waals surface area contributed by atoms with Gasteiger partial charge in [-0.25, -0.2) is 0 Å². The minimum absolute atomic E-state index is 0.228. The molecule has 0 spiro atoms. The monoisotopic (exact) mass is 314 g/mol. The molecule has 1 N–H and O–H groups in total. The van der Waals surface area contributed by atoms with Gasteiger partial charge in [0.1, 0.15) is 5.75 Å². The molecule has 0 saturated carbocycles. The molecule has 1 aromatic carbocycles. The predicted molar refractivity (Wildman–Crippen MR) is 73.5 cm³/mol. The van der Waals surface area contributed by atoms with E-state index in [1.807, 2.05) is 0 Å². The maximum atomic E-state index is 12.5. The molecule has 2 atom stereocenters. The fraction of sp³-hybridized carbons (Fsp3) is 0.533. The number of hydrogen-bond acceptors (Lipinski definition) is 3. The van der Waals surface area contributed by atoms with Gasteiger partial charge in [0.25, 0.3) is 5.91 Å². The second-order valence-electron chi connectivity index (χ2n) is 5.72. The fourth-order valence-electron chi connectivity index (χ4n) is 3.24. The number of amides is 1. The number of rotatable bonds is 2. The van der Waals surface area contributed by atoms with Gasteiger partial charge in [0.05, 0.1) is 0 Å². The largest absolute Gasteiger partial charge is 0.573 e. The second-order valence-corrected chi connectivity index (χ2v) is 5.72. The lowest BCUT2D eigenvalue weighted by atomic mass is 9.93. The van der Waals surface area contributed by atoms with Crippen LogP contribution in [-0.4, -0.2) is 42.8 Å². The van der Waals surface area contributed by atoms with Gasteiger partial charge >= 0.3 is 6.36 Å². The van der Waals surface area contributed by atoms with Gasteiger partial charge in [-0.15, -0.1) is 13.2 Å². The molecular weight excluding hydrogens is 297 g/mol. The highest BCUT2D eigenvalue weighted by Gasteiger charge is 2.35. The number of halogens is 3. The molecule has 4 nitrogen and oxygen atoms in total. The first-order valence-corrected chi connectivity index (χ1v) is 7.31. The minimum atomic E-state index is -4.75. The molecule has 2 aliphatic rings. The molecular formula is C15H17F3N2O2. The quantitative estimate of drug-likeness (QED) is 0.911. The van der Waals surface area contributed by atoms with Gasteiger partial charge in [0.15, 0.2) is 0 Å². The maximum Gasteiger partial charge on any atom is 0.573 e. The average molecular weight is 314 g/mol. The molecule has 1 aromatic rings. The van der Waals surface area contributed by atoms with Crippen molar-refractivity contribution in [1.29, 1.82) is 0 Å². The Bertz CT molecular complexity index is 562. The molecule has 22 heavy (non-hydrogen) atoms. The Labute approximate surface area is 126 Å². The summed E-state index contributed by atoms with van der Waals surface area (Å²) >= 11 is 0. The molecule has 2 fully saturated rings. The van der Waals surface area contributed by atoms with Crippen molar-refractivity contribution in [3.8, 4) is 5.75 Å². The fourth-order valence-corrected chi connectivity index (χ4v) is 3.24. The van der Waals surface area contributed by atoms with E-state index in [-0.39, 0.29) is 17.2 Å². The number of benzene rings is 1. The molecule has 3 rings (SSSR count). The van der Waals surface area contributed by atoms with Crippen LogP contribution in [0.15, 0.2) is 24.3 Å². The van der Waals surface area contributed by atoms with Crippen LogP contribution in [0.3, 0.4) is 0 Å². The van der Waals surface area contributed by atoms with Crippen molar-refractivity contribution in [2.24, 2.45) is 5.92 Å². The molecule has 120 valence electrons. The Morgan fingerprint density at radius 3 is 2.91 bits per heavy atom. The van der Waals surface area contributed by atoms with Crippen molar-refractivity contribution in [2.75, 3.05) is 19.6 Å². The van der Waals surface area contributed by atoms with Crippen molar-refractivity contribution in [3.05, 3.63) is 29.8 Å². The highest BCUT2D eigenvalue weighted by Crippen LogP contribution is 2.27. The SMILES string of the molecule is O=C(c1cccc(OC(F)(F)F)c1)N1CCC2NCCC2C1. The number of hydrogen-bond donors (Lipinski definition) is 1. The van der Waals surface area contributed by atoms with E-state index in [9.17, 15) is 18.0 Å². The van der Waals surface area contributed by atoms with Crippen molar-refractivity contribution >= 4 is 5.91 Å². The zero-order valence-electron chi connectivity index (χ0n) is 11.9. The smallest absolute Gasteiger partial charge is 0.406 e. The van der Waals surface area contributed by atoms with Crippen LogP contribution in [0.25, 0.3) is 0 Å². The molecule has 0 radical (unpaired) electrons. The lowest BCUT2D eigenvalue weighted by Crippen LogP contribution is -2.46. The number of carbonyl (C=O) groups is 1. The summed E-state index contributed by atoms with van der Waals surface area (Å²) < 4.78 is 40.6. The third kappa shape index (κ3) is 3.35. The van der Waals surface area contributed by atoms with Gasteiger partial charge in [-0.05, 0) is 43.5 Å². The molecule has 2 aliphatic heterocycles. The van der Waals surface area contributed by atoms with Crippen LogP contribution >= 0.6 is 0 Å². The highest BCUT2D eigenvalue weighted by atomic mass is 19.4. The highest BCUT2D eigenvalue weighted by molar-refractivity contribution is 5.94. The molecule has 0 aromatic heterocycles. The topological polar surface area (TPSA) is 41.6 Å². The lowest BCUT2D eigenvalue weighted by molar-refractivity contribution is -0.274. The summed E-state index contributed by atoms with van der Waals surface area (Å²) in [7, 11) is 0. The summed E-state index contributed by atoms with van der Waals surface area (Å²) in [5, 5.41) is 3.41. The first-order valence-electron chi connectivity index (χ1n) is 7.31. The van der Waals surface area contributed by atoms with Crippen LogP contribution in [0, 0.1) is 5.92 Å². The van der Waals surface area contributed by atoms with Gasteiger partial charge in [0, 0.05) is 24.7 Å². The first kappa shape index (κ1) is 15.1. The minimum Gasteiger partial charge on any atom is -0.406 e. The van der Waals surface area contributed by atoms with Crippen LogP contribution in [-0.2, 0) is 0 Å². The Morgan fingerprint density at radius 2 is 2.14 bits per heavy atom. The summed E-state index contributed by atoms with van der Waals surface area (Å²) in [6, 6.07) is 5.72. The maximum absolute atomic E-state index is 12.5. The number of piperidine rings is 1. The van der Waals surface area contributed by atoms with Gasteiger partial charge in [-0.3, -0.25) is 4.79 Å². The van der Waals surface area contributed by atoms with Crippen LogP contribution < -0.4 is 10.1 Å². The van der Waals surface area contributed by atoms with Crippen LogP contribution in [0.5, 0.6) is 5.75 Å². The summed E-state index contributed by atoms with van der Waals surface area (Å²) in [5.41, 5.74) is 0.228. The summed E-state index contributed by atoms with van der Waals surface area (Å²) in [6.45, 7) is 2.24. The van der Waals surface area contributed by atoms with Gasteiger partial charge < -0.3 is 15.0 Å². The molecule has 2 heterocycles. The number of carbonyl (C=O) groups excluding carboxylic acids is 1. The average Bonchev–Trinajstić information content (AvgIpc) is 2.92. The Balaban J connectivity index is 1.70. The van der Waals surface area contributed by atoms with Crippen LogP contribution in [0.1, 0.15) is 23.2 Å². The van der Waals surface area contributed by atoms with E-state index in [2.05, 4.69) is 10.1 Å². The van der Waals surface area contributed by atoms with Crippen LogP contribution in [0.4, 0.5) is 13.2 Å². The van der Waals surface area contributed by atoms with Crippen LogP contribution in [0.2, 0.25) is 0 Å². The molecule has 7 heteroatoms. The second kappa shape index (κ2) is 5.79. The van der Waals surface area contributed by atoms with Gasteiger partial charge in [-0.1, -0.05) is 6.07 Å². The van der Waals surface area contributed by atoms with Crippen molar-refractivity contribution in [1.82, 2.24) is 10.2 Å². The summed E-state index contributed by atoms with van der Waals surface area (Å²) in [5.74, 6) is -0.166. The van der Waals surface area contributed by atoms with E-state index >= 15 is 0 Å². The Hall–Kier alpha value is -1.76. The van der Waals surface area contributed by atoms with Gasteiger partial charge in [-0.2, -0.15) is 0 Å². The lowest BCUT2D eigenvalue weighted by Gasteiger charge is -2.35. The van der Waals surface area contributed by atoms with Gasteiger partial charge in [0.2, 0.25) is 0 Å². The number of fused-ring (bicyclic) bond motifs is 1. The van der Waals surface area contributed by atoms with Crippen molar-refractivity contribution in [2.45, 2.75) is 25.2 Å². The van der Waals surface area contributed by atoms with E-state index in [1.165, 1.54) is 18.2 Å². The third-order valence-electron chi connectivity index (χ3n) is 4.26. The number of ether oxygens (including phenoxy) is 1. The van der Waals surface area contributed by atoms with Crippen molar-refractivity contribution < 1.29 is 22.7 Å². The molecule has 2 unspecified atom stereocenters.